The molecule has 0 aliphatic carbocycles. The van der Waals surface area contributed by atoms with Crippen LogP contribution in [0, 0.1) is 0 Å². The molecule has 2 aromatic rings. The molecule has 0 N–H and O–H groups in total. The van der Waals surface area contributed by atoms with Crippen LogP contribution in [0.2, 0.25) is 0 Å². The van der Waals surface area contributed by atoms with Crippen LogP contribution in [-0.2, 0) is 4.79 Å². The second-order valence-corrected chi connectivity index (χ2v) is 2.95. The van der Waals surface area contributed by atoms with Crippen LogP contribution in [0.1, 0.15) is 5.56 Å². The first-order valence-corrected chi connectivity index (χ1v) is 4.37. The molecule has 2 nitrogen and oxygen atoms in total. The summed E-state index contributed by atoms with van der Waals surface area (Å²) in [5.74, 6) is 0. The predicted octanol–water partition coefficient (Wildman–Crippen LogP) is 2.45. The molecule has 0 fully saturated rings. The van der Waals surface area contributed by atoms with Crippen molar-refractivity contribution in [2.24, 2.45) is 0 Å². The van der Waals surface area contributed by atoms with Gasteiger partial charge in [0, 0.05) is 11.6 Å². The molecule has 1 aromatic heterocycles. The number of benzene rings is 1. The largest absolute Gasteiger partial charge is 0.299 e. The number of rotatable bonds is 2. The standard InChI is InChI=1S/C12H9NO/c14-8-2-3-10-5-6-12-11(9-10)4-1-7-13-12/h1-9H. The lowest BCUT2D eigenvalue weighted by Gasteiger charge is -1.97. The van der Waals surface area contributed by atoms with Crippen LogP contribution < -0.4 is 0 Å². The molecule has 2 heteroatoms. The van der Waals surface area contributed by atoms with Crippen molar-refractivity contribution in [1.29, 1.82) is 0 Å². The summed E-state index contributed by atoms with van der Waals surface area (Å²) in [5.41, 5.74) is 1.98. The van der Waals surface area contributed by atoms with Crippen LogP contribution in [0.4, 0.5) is 0 Å². The Morgan fingerprint density at radius 1 is 1.21 bits per heavy atom. The maximum Gasteiger partial charge on any atom is 0.142 e. The van der Waals surface area contributed by atoms with Gasteiger partial charge in [0.2, 0.25) is 0 Å². The van der Waals surface area contributed by atoms with Crippen molar-refractivity contribution < 1.29 is 4.79 Å². The zero-order chi connectivity index (χ0) is 9.80. The minimum atomic E-state index is 0.771. The fraction of sp³-hybridized carbons (Fsp3) is 0. The number of carbonyl (C=O) groups excluding carboxylic acids is 1. The van der Waals surface area contributed by atoms with E-state index in [-0.39, 0.29) is 0 Å². The van der Waals surface area contributed by atoms with Gasteiger partial charge in [0.05, 0.1) is 5.52 Å². The van der Waals surface area contributed by atoms with E-state index in [4.69, 9.17) is 0 Å². The number of carbonyl (C=O) groups is 1. The van der Waals surface area contributed by atoms with Gasteiger partial charge in [-0.25, -0.2) is 0 Å². The third-order valence-corrected chi connectivity index (χ3v) is 1.99. The summed E-state index contributed by atoms with van der Waals surface area (Å²) in [6.07, 6.45) is 5.80. The number of nitrogens with zero attached hydrogens (tertiary/aromatic N) is 1. The molecule has 1 aromatic carbocycles. The number of hydrogen-bond acceptors (Lipinski definition) is 2. The molecule has 0 unspecified atom stereocenters. The predicted molar refractivity (Wildman–Crippen MR) is 56.8 cm³/mol. The molecule has 0 radical (unpaired) electrons. The molecule has 0 saturated heterocycles. The van der Waals surface area contributed by atoms with Crippen molar-refractivity contribution >= 4 is 23.3 Å². The van der Waals surface area contributed by atoms with E-state index in [2.05, 4.69) is 4.98 Å². The Balaban J connectivity index is 2.51. The molecule has 1 heterocycles. The Kier molecular flexibility index (Phi) is 2.36. The Labute approximate surface area is 81.9 Å². The van der Waals surface area contributed by atoms with Crippen LogP contribution in [-0.4, -0.2) is 11.3 Å². The Bertz CT molecular complexity index is 488. The molecule has 0 aliphatic heterocycles. The highest BCUT2D eigenvalue weighted by molar-refractivity contribution is 5.82. The first-order valence-electron chi connectivity index (χ1n) is 4.37. The van der Waals surface area contributed by atoms with Gasteiger partial charge >= 0.3 is 0 Å². The molecule has 2 rings (SSSR count). The normalized spacial score (nSPS) is 10.9. The summed E-state index contributed by atoms with van der Waals surface area (Å²) in [5, 5.41) is 1.08. The third-order valence-electron chi connectivity index (χ3n) is 1.99. The number of aldehydes is 1. The van der Waals surface area contributed by atoms with Gasteiger partial charge in [-0.1, -0.05) is 18.2 Å². The van der Waals surface area contributed by atoms with Gasteiger partial charge in [0.1, 0.15) is 6.29 Å². The van der Waals surface area contributed by atoms with Crippen molar-refractivity contribution in [2.75, 3.05) is 0 Å². The van der Waals surface area contributed by atoms with E-state index in [9.17, 15) is 4.79 Å². The van der Waals surface area contributed by atoms with Gasteiger partial charge in [-0.3, -0.25) is 9.78 Å². The molecule has 0 spiro atoms. The number of hydrogen-bond donors (Lipinski definition) is 0. The van der Waals surface area contributed by atoms with Gasteiger partial charge in [-0.2, -0.15) is 0 Å². The highest BCUT2D eigenvalue weighted by Gasteiger charge is 1.93. The Morgan fingerprint density at radius 3 is 3.00 bits per heavy atom. The summed E-state index contributed by atoms with van der Waals surface area (Å²) in [7, 11) is 0. The van der Waals surface area contributed by atoms with Crippen LogP contribution >= 0.6 is 0 Å². The fourth-order valence-corrected chi connectivity index (χ4v) is 1.35. The Hall–Kier alpha value is -1.96. The Morgan fingerprint density at radius 2 is 2.14 bits per heavy atom. The summed E-state index contributed by atoms with van der Waals surface area (Å²) in [4.78, 5) is 14.4. The number of allylic oxidation sites excluding steroid dienone is 1. The van der Waals surface area contributed by atoms with E-state index in [0.29, 0.717) is 0 Å². The van der Waals surface area contributed by atoms with Gasteiger partial charge in [-0.15, -0.1) is 0 Å². The maximum atomic E-state index is 10.1. The summed E-state index contributed by atoms with van der Waals surface area (Å²) < 4.78 is 0. The van der Waals surface area contributed by atoms with Crippen molar-refractivity contribution in [2.45, 2.75) is 0 Å². The SMILES string of the molecule is O=CC=Cc1ccc2ncccc2c1. The maximum absolute atomic E-state index is 10.1. The highest BCUT2D eigenvalue weighted by atomic mass is 16.1. The minimum Gasteiger partial charge on any atom is -0.299 e. The molecule has 0 atom stereocenters. The summed E-state index contributed by atoms with van der Waals surface area (Å²) >= 11 is 0. The number of fused-ring (bicyclic) bond motifs is 1. The molecular formula is C12H9NO. The third kappa shape index (κ3) is 1.69. The van der Waals surface area contributed by atoms with E-state index < -0.39 is 0 Å². The lowest BCUT2D eigenvalue weighted by atomic mass is 10.1. The topological polar surface area (TPSA) is 30.0 Å². The van der Waals surface area contributed by atoms with E-state index in [0.717, 1.165) is 22.8 Å². The summed E-state index contributed by atoms with van der Waals surface area (Å²) in [6.45, 7) is 0. The van der Waals surface area contributed by atoms with Crippen LogP contribution in [0.25, 0.3) is 17.0 Å². The van der Waals surface area contributed by atoms with Gasteiger partial charge in [-0.05, 0) is 29.8 Å². The van der Waals surface area contributed by atoms with E-state index in [1.807, 2.05) is 30.3 Å². The monoisotopic (exact) mass is 183 g/mol. The molecule has 0 saturated carbocycles. The first kappa shape index (κ1) is 8.63. The lowest BCUT2D eigenvalue weighted by Crippen LogP contribution is -1.78. The average Bonchev–Trinajstić information content (AvgIpc) is 2.26. The summed E-state index contributed by atoms with van der Waals surface area (Å²) in [6, 6.07) is 9.79. The minimum absolute atomic E-state index is 0.771. The average molecular weight is 183 g/mol. The quantitative estimate of drug-likeness (QED) is 0.528. The fourth-order valence-electron chi connectivity index (χ4n) is 1.35. The zero-order valence-electron chi connectivity index (χ0n) is 7.55. The van der Waals surface area contributed by atoms with E-state index >= 15 is 0 Å². The van der Waals surface area contributed by atoms with Crippen molar-refractivity contribution in [3.63, 3.8) is 0 Å². The van der Waals surface area contributed by atoms with Gasteiger partial charge in [0.15, 0.2) is 0 Å². The van der Waals surface area contributed by atoms with Crippen LogP contribution in [0.15, 0.2) is 42.6 Å². The molecular weight excluding hydrogens is 174 g/mol. The molecule has 0 bridgehead atoms. The number of aromatic nitrogens is 1. The molecule has 0 amide bonds. The second kappa shape index (κ2) is 3.83. The smallest absolute Gasteiger partial charge is 0.142 e. The zero-order valence-corrected chi connectivity index (χ0v) is 7.55. The van der Waals surface area contributed by atoms with Crippen molar-refractivity contribution in [1.82, 2.24) is 4.98 Å². The van der Waals surface area contributed by atoms with Crippen molar-refractivity contribution in [3.05, 3.63) is 48.2 Å². The van der Waals surface area contributed by atoms with Gasteiger partial charge in [0.25, 0.3) is 0 Å². The molecule has 14 heavy (non-hydrogen) atoms. The van der Waals surface area contributed by atoms with Gasteiger partial charge < -0.3 is 0 Å². The first-order chi connectivity index (χ1) is 6.90. The van der Waals surface area contributed by atoms with E-state index in [1.165, 1.54) is 6.08 Å². The van der Waals surface area contributed by atoms with Crippen molar-refractivity contribution in [3.8, 4) is 0 Å². The number of pyridine rings is 1. The lowest BCUT2D eigenvalue weighted by molar-refractivity contribution is -0.104. The highest BCUT2D eigenvalue weighted by Crippen LogP contribution is 2.13. The van der Waals surface area contributed by atoms with Crippen LogP contribution in [0.5, 0.6) is 0 Å². The molecule has 0 aliphatic rings. The molecule has 68 valence electrons. The van der Waals surface area contributed by atoms with Crippen LogP contribution in [0.3, 0.4) is 0 Å². The second-order valence-electron chi connectivity index (χ2n) is 2.95. The van der Waals surface area contributed by atoms with E-state index in [1.54, 1.807) is 12.3 Å².